The molecule has 161 valence electrons. The van der Waals surface area contributed by atoms with Crippen molar-refractivity contribution in [3.05, 3.63) is 70.1 Å². The zero-order chi connectivity index (χ0) is 22.8. The minimum atomic E-state index is -1.06. The first-order valence-corrected chi connectivity index (χ1v) is 10.1. The Morgan fingerprint density at radius 1 is 1.03 bits per heavy atom. The zero-order valence-corrected chi connectivity index (χ0v) is 17.8. The molecule has 2 amide bonds. The number of likely N-dealkylation sites (N-methyl/N-ethyl adjacent to an activating group) is 1. The molecule has 1 aliphatic heterocycles. The molecule has 0 bridgehead atoms. The minimum absolute atomic E-state index is 0.124. The Morgan fingerprint density at radius 3 is 2.56 bits per heavy atom. The summed E-state index contributed by atoms with van der Waals surface area (Å²) < 4.78 is 0. The van der Waals surface area contributed by atoms with Gasteiger partial charge in [-0.3, -0.25) is 9.59 Å². The van der Waals surface area contributed by atoms with E-state index in [1.165, 1.54) is 18.3 Å². The fraction of sp³-hybridized carbons (Fsp3) is 0.160. The number of nitrogens with zero attached hydrogens (tertiary/aromatic N) is 2. The first-order valence-electron chi connectivity index (χ1n) is 10.1. The van der Waals surface area contributed by atoms with Crippen molar-refractivity contribution < 1.29 is 19.5 Å². The molecule has 1 aliphatic rings. The maximum atomic E-state index is 12.5. The number of hydrogen-bond donors (Lipinski definition) is 2. The number of amides is 2. The van der Waals surface area contributed by atoms with Gasteiger partial charge in [0, 0.05) is 36.1 Å². The molecule has 0 fully saturated rings. The molecule has 1 heterocycles. The van der Waals surface area contributed by atoms with Gasteiger partial charge in [-0.15, -0.1) is 0 Å². The smallest absolute Gasteiger partial charge is 0.336 e. The van der Waals surface area contributed by atoms with Crippen LogP contribution in [0.5, 0.6) is 0 Å². The van der Waals surface area contributed by atoms with Crippen molar-refractivity contribution >= 4 is 40.8 Å². The second-order valence-electron chi connectivity index (χ2n) is 7.87. The lowest BCUT2D eigenvalue weighted by Crippen LogP contribution is -2.34. The number of benzene rings is 3. The highest BCUT2D eigenvalue weighted by Gasteiger charge is 2.15. The van der Waals surface area contributed by atoms with E-state index in [4.69, 9.17) is 0 Å². The second kappa shape index (κ2) is 8.64. The van der Waals surface area contributed by atoms with Gasteiger partial charge in [-0.25, -0.2) is 10.1 Å². The van der Waals surface area contributed by atoms with Gasteiger partial charge in [0.1, 0.15) is 0 Å². The molecule has 32 heavy (non-hydrogen) atoms. The Labute approximate surface area is 184 Å². The number of carboxylic acid groups (broad SMARTS) is 1. The van der Waals surface area contributed by atoms with Gasteiger partial charge in [-0.1, -0.05) is 24.3 Å². The Morgan fingerprint density at radius 2 is 1.81 bits per heavy atom. The third-order valence-corrected chi connectivity index (χ3v) is 5.34. The molecular weight excluding hydrogens is 406 g/mol. The van der Waals surface area contributed by atoms with Gasteiger partial charge in [-0.2, -0.15) is 0 Å². The summed E-state index contributed by atoms with van der Waals surface area (Å²) in [4.78, 5) is 38.0. The lowest BCUT2D eigenvalue weighted by molar-refractivity contribution is -0.114. The van der Waals surface area contributed by atoms with Gasteiger partial charge in [0.2, 0.25) is 0 Å². The average Bonchev–Trinajstić information content (AvgIpc) is 2.77. The first kappa shape index (κ1) is 21.3. The fourth-order valence-corrected chi connectivity index (χ4v) is 3.72. The standard InChI is InChI=1S/C25H22N3O4/c1-28(2)9-8-26-24(30)17-5-3-4-15(10-17)16-6-7-19-20(11-16)22-14-27-23(29)13-18(22)12-21(19)25(31)32/h3-7,10-14H,8-9H2,1-2H3,(H,26,30)(H,31,32). The Balaban J connectivity index is 1.78. The van der Waals surface area contributed by atoms with E-state index in [1.54, 1.807) is 12.1 Å². The monoisotopic (exact) mass is 428 g/mol. The van der Waals surface area contributed by atoms with E-state index in [0.29, 0.717) is 33.3 Å². The van der Waals surface area contributed by atoms with Crippen LogP contribution in [0.2, 0.25) is 0 Å². The number of aromatic carboxylic acids is 1. The van der Waals surface area contributed by atoms with Crippen LogP contribution in [0, 0.1) is 0 Å². The number of rotatable bonds is 6. The van der Waals surface area contributed by atoms with E-state index in [1.807, 2.05) is 49.3 Å². The predicted molar refractivity (Wildman–Crippen MR) is 123 cm³/mol. The van der Waals surface area contributed by atoms with Crippen LogP contribution in [0.15, 0.2) is 48.5 Å². The fourth-order valence-electron chi connectivity index (χ4n) is 3.72. The lowest BCUT2D eigenvalue weighted by atomic mass is 9.95. The van der Waals surface area contributed by atoms with Gasteiger partial charge in [0.05, 0.1) is 5.56 Å². The van der Waals surface area contributed by atoms with Gasteiger partial charge in [-0.05, 0) is 65.5 Å². The highest BCUT2D eigenvalue weighted by atomic mass is 16.4. The third kappa shape index (κ3) is 4.24. The number of nitrogens with one attached hydrogen (secondary N) is 1. The van der Waals surface area contributed by atoms with Crippen LogP contribution in [0.25, 0.3) is 34.2 Å². The number of carbonyl (C=O) groups excluding carboxylic acids is 2. The summed E-state index contributed by atoms with van der Waals surface area (Å²) in [7, 11) is 3.89. The van der Waals surface area contributed by atoms with E-state index in [2.05, 4.69) is 10.6 Å². The van der Waals surface area contributed by atoms with Crippen molar-refractivity contribution in [1.29, 1.82) is 0 Å². The van der Waals surface area contributed by atoms with Crippen LogP contribution in [-0.2, 0) is 4.79 Å². The molecule has 0 spiro atoms. The molecule has 3 aromatic rings. The zero-order valence-electron chi connectivity index (χ0n) is 17.8. The molecule has 4 rings (SSSR count). The van der Waals surface area contributed by atoms with Crippen LogP contribution in [-0.4, -0.2) is 55.0 Å². The van der Waals surface area contributed by atoms with Crippen LogP contribution in [0.4, 0.5) is 0 Å². The van der Waals surface area contributed by atoms with E-state index in [0.717, 1.165) is 17.7 Å². The summed E-state index contributed by atoms with van der Waals surface area (Å²) >= 11 is 0. The van der Waals surface area contributed by atoms with Crippen LogP contribution in [0.1, 0.15) is 20.7 Å². The summed E-state index contributed by atoms with van der Waals surface area (Å²) in [6.45, 7) is 1.29. The number of hydrogen-bond acceptors (Lipinski definition) is 4. The van der Waals surface area contributed by atoms with Crippen molar-refractivity contribution in [2.75, 3.05) is 27.2 Å². The number of carboxylic acids is 1. The van der Waals surface area contributed by atoms with E-state index < -0.39 is 11.9 Å². The van der Waals surface area contributed by atoms with Crippen LogP contribution in [0.3, 0.4) is 0 Å². The molecule has 0 aromatic heterocycles. The maximum Gasteiger partial charge on any atom is 0.336 e. The Hall–Kier alpha value is -3.97. The normalized spacial score (nSPS) is 12.5. The third-order valence-electron chi connectivity index (χ3n) is 5.34. The van der Waals surface area contributed by atoms with Gasteiger partial charge >= 0.3 is 5.97 Å². The lowest BCUT2D eigenvalue weighted by Gasteiger charge is -2.12. The molecule has 0 aliphatic carbocycles. The quantitative estimate of drug-likeness (QED) is 0.614. The van der Waals surface area contributed by atoms with E-state index >= 15 is 0 Å². The highest BCUT2D eigenvalue weighted by Crippen LogP contribution is 2.25. The summed E-state index contributed by atoms with van der Waals surface area (Å²) in [5.74, 6) is -1.64. The summed E-state index contributed by atoms with van der Waals surface area (Å²) in [6.07, 6.45) is 2.82. The SMILES string of the molecule is CN(C)CCNC(=O)c1cccc(-c2ccc3c(C(=O)O)cc4c(c3c2)=C[N]C(=O)C=4)c1. The molecule has 7 nitrogen and oxygen atoms in total. The van der Waals surface area contributed by atoms with E-state index in [9.17, 15) is 19.5 Å². The Bertz CT molecular complexity index is 1380. The largest absolute Gasteiger partial charge is 0.478 e. The van der Waals surface area contributed by atoms with Crippen LogP contribution < -0.4 is 21.1 Å². The predicted octanol–water partition coefficient (Wildman–Crippen LogP) is 1.16. The summed E-state index contributed by atoms with van der Waals surface area (Å²) in [6, 6.07) is 14.2. The number of carbonyl (C=O) groups is 3. The molecular formula is C25H22N3O4. The summed E-state index contributed by atoms with van der Waals surface area (Å²) in [5, 5.41) is 18.9. The maximum absolute atomic E-state index is 12.5. The molecule has 0 saturated carbocycles. The Kier molecular flexibility index (Phi) is 5.75. The molecule has 3 aromatic carbocycles. The van der Waals surface area contributed by atoms with Crippen molar-refractivity contribution in [3.8, 4) is 11.1 Å². The molecule has 7 heteroatoms. The minimum Gasteiger partial charge on any atom is -0.478 e. The van der Waals surface area contributed by atoms with Crippen molar-refractivity contribution in [2.45, 2.75) is 0 Å². The van der Waals surface area contributed by atoms with Crippen molar-refractivity contribution in [2.24, 2.45) is 0 Å². The van der Waals surface area contributed by atoms with E-state index in [-0.39, 0.29) is 11.5 Å². The van der Waals surface area contributed by atoms with Gasteiger partial charge < -0.3 is 15.3 Å². The second-order valence-corrected chi connectivity index (χ2v) is 7.87. The topological polar surface area (TPSA) is 101 Å². The molecule has 0 saturated heterocycles. The van der Waals surface area contributed by atoms with Crippen LogP contribution >= 0.6 is 0 Å². The molecule has 2 N–H and O–H groups in total. The van der Waals surface area contributed by atoms with Crippen molar-refractivity contribution in [1.82, 2.24) is 15.5 Å². The summed E-state index contributed by atoms with van der Waals surface area (Å²) in [5.41, 5.74) is 2.33. The molecule has 1 radical (unpaired) electrons. The highest BCUT2D eigenvalue weighted by molar-refractivity contribution is 6.10. The van der Waals surface area contributed by atoms with Gasteiger partial charge in [0.15, 0.2) is 0 Å². The number of fused-ring (bicyclic) bond motifs is 3. The molecule has 0 atom stereocenters. The molecule has 0 unspecified atom stereocenters. The van der Waals surface area contributed by atoms with Gasteiger partial charge in [0.25, 0.3) is 11.8 Å². The first-order chi connectivity index (χ1) is 15.3. The van der Waals surface area contributed by atoms with Crippen molar-refractivity contribution in [3.63, 3.8) is 0 Å². The average molecular weight is 428 g/mol.